The molecule has 6 heteroatoms. The second-order valence-electron chi connectivity index (χ2n) is 2.80. The third-order valence-corrected chi connectivity index (χ3v) is 4.31. The lowest BCUT2D eigenvalue weighted by atomic mass is 10.5. The molecule has 0 amide bonds. The van der Waals surface area contributed by atoms with Crippen LogP contribution in [0.5, 0.6) is 0 Å². The molecule has 0 bridgehead atoms. The second-order valence-corrected chi connectivity index (χ2v) is 5.37. The molecule has 2 aromatic rings. The minimum absolute atomic E-state index is 0.0295. The van der Waals surface area contributed by atoms with E-state index >= 15 is 0 Å². The highest BCUT2D eigenvalue weighted by Gasteiger charge is 2.18. The van der Waals surface area contributed by atoms with Crippen molar-refractivity contribution in [3.8, 4) is 0 Å². The van der Waals surface area contributed by atoms with E-state index in [1.54, 1.807) is 24.3 Å². The fourth-order valence-corrected chi connectivity index (χ4v) is 3.15. The van der Waals surface area contributed by atoms with Crippen molar-refractivity contribution in [3.63, 3.8) is 0 Å². The molecule has 0 radical (unpaired) electrons. The quantitative estimate of drug-likeness (QED) is 0.847. The topological polar surface area (TPSA) is 52.0 Å². The van der Waals surface area contributed by atoms with E-state index in [1.165, 1.54) is 18.5 Å². The van der Waals surface area contributed by atoms with Crippen LogP contribution in [0.2, 0.25) is 0 Å². The maximum absolute atomic E-state index is 12.0. The van der Waals surface area contributed by atoms with Gasteiger partial charge in [-0.15, -0.1) is 0 Å². The van der Waals surface area contributed by atoms with Gasteiger partial charge in [-0.05, 0) is 40.2 Å². The molecule has 0 aliphatic carbocycles. The maximum atomic E-state index is 12.0. The van der Waals surface area contributed by atoms with Crippen LogP contribution in [-0.4, -0.2) is 17.4 Å². The van der Waals surface area contributed by atoms with Gasteiger partial charge in [-0.1, -0.05) is 6.07 Å². The molecule has 4 nitrogen and oxygen atoms in total. The van der Waals surface area contributed by atoms with Gasteiger partial charge in [0.05, 0.1) is 4.60 Å². The summed E-state index contributed by atoms with van der Waals surface area (Å²) in [6, 6.07) is 8.06. The minimum Gasteiger partial charge on any atom is -0.243 e. The van der Waals surface area contributed by atoms with Crippen LogP contribution in [0.1, 0.15) is 0 Å². The summed E-state index contributed by atoms with van der Waals surface area (Å²) in [5.41, 5.74) is 0. The highest BCUT2D eigenvalue weighted by Crippen LogP contribution is 2.18. The van der Waals surface area contributed by atoms with E-state index in [-0.39, 0.29) is 5.03 Å². The molecule has 0 saturated carbocycles. The van der Waals surface area contributed by atoms with Crippen molar-refractivity contribution in [1.29, 1.82) is 0 Å². The monoisotopic (exact) mass is 286 g/mol. The number of hydrogen-bond donors (Lipinski definition) is 0. The summed E-state index contributed by atoms with van der Waals surface area (Å²) in [7, 11) is -3.57. The average Bonchev–Trinajstić information content (AvgIpc) is 2.66. The van der Waals surface area contributed by atoms with Crippen LogP contribution in [0.15, 0.2) is 52.4 Å². The van der Waals surface area contributed by atoms with Gasteiger partial charge in [0.15, 0.2) is 5.03 Å². The molecule has 0 fully saturated rings. The predicted molar refractivity (Wildman–Crippen MR) is 59.0 cm³/mol. The van der Waals surface area contributed by atoms with Crippen LogP contribution >= 0.6 is 15.9 Å². The molecule has 0 atom stereocenters. The van der Waals surface area contributed by atoms with Gasteiger partial charge < -0.3 is 0 Å². The summed E-state index contributed by atoms with van der Waals surface area (Å²) in [4.78, 5) is 3.82. The van der Waals surface area contributed by atoms with E-state index in [2.05, 4.69) is 20.9 Å². The molecule has 2 heterocycles. The molecule has 78 valence electrons. The van der Waals surface area contributed by atoms with Crippen LogP contribution in [0.25, 0.3) is 0 Å². The van der Waals surface area contributed by atoms with E-state index in [9.17, 15) is 8.42 Å². The van der Waals surface area contributed by atoms with Crippen LogP contribution in [0.3, 0.4) is 0 Å². The Hall–Kier alpha value is -1.14. The summed E-state index contributed by atoms with van der Waals surface area (Å²) < 4.78 is 25.6. The van der Waals surface area contributed by atoms with Crippen molar-refractivity contribution in [2.75, 3.05) is 0 Å². The molecule has 0 unspecified atom stereocenters. The number of rotatable bonds is 2. The highest BCUT2D eigenvalue weighted by atomic mass is 79.9. The normalized spacial score (nSPS) is 11.5. The molecule has 0 saturated heterocycles. The van der Waals surface area contributed by atoms with Crippen LogP contribution in [0.4, 0.5) is 0 Å². The van der Waals surface area contributed by atoms with Gasteiger partial charge in [0.1, 0.15) is 0 Å². The SMILES string of the molecule is O=S(=O)(c1ccccn1)n1cccc1Br. The van der Waals surface area contributed by atoms with Crippen molar-refractivity contribution in [3.05, 3.63) is 47.3 Å². The zero-order valence-electron chi connectivity index (χ0n) is 7.54. The first-order chi connectivity index (χ1) is 7.12. The fourth-order valence-electron chi connectivity index (χ4n) is 1.14. The minimum atomic E-state index is -3.57. The standard InChI is InChI=1S/C9H7BrN2O2S/c10-8-4-3-7-12(8)15(13,14)9-5-1-2-6-11-9/h1-7H. The van der Waals surface area contributed by atoms with E-state index in [4.69, 9.17) is 0 Å². The van der Waals surface area contributed by atoms with Gasteiger partial charge in [0, 0.05) is 12.4 Å². The summed E-state index contributed by atoms with van der Waals surface area (Å²) in [5, 5.41) is 0.0295. The Bertz CT molecular complexity index is 563. The Kier molecular flexibility index (Phi) is 2.62. The predicted octanol–water partition coefficient (Wildman–Crippen LogP) is 1.88. The lowest BCUT2D eigenvalue weighted by molar-refractivity contribution is 0.582. The molecule has 0 aromatic carbocycles. The van der Waals surface area contributed by atoms with Crippen molar-refractivity contribution in [1.82, 2.24) is 8.96 Å². The summed E-state index contributed by atoms with van der Waals surface area (Å²) in [5.74, 6) is 0. The van der Waals surface area contributed by atoms with Gasteiger partial charge in [-0.2, -0.15) is 8.42 Å². The summed E-state index contributed by atoms with van der Waals surface area (Å²) in [6.07, 6.45) is 2.92. The Morgan fingerprint density at radius 1 is 1.20 bits per heavy atom. The number of aromatic nitrogens is 2. The van der Waals surface area contributed by atoms with Crippen molar-refractivity contribution < 1.29 is 8.42 Å². The zero-order valence-corrected chi connectivity index (χ0v) is 9.94. The molecule has 0 aliphatic rings. The van der Waals surface area contributed by atoms with E-state index in [0.717, 1.165) is 3.97 Å². The van der Waals surface area contributed by atoms with Crippen LogP contribution < -0.4 is 0 Å². The van der Waals surface area contributed by atoms with E-state index in [1.807, 2.05) is 0 Å². The zero-order chi connectivity index (χ0) is 10.9. The lowest BCUT2D eigenvalue weighted by Gasteiger charge is -2.05. The van der Waals surface area contributed by atoms with Gasteiger partial charge >= 0.3 is 0 Å². The average molecular weight is 287 g/mol. The van der Waals surface area contributed by atoms with Crippen molar-refractivity contribution >= 4 is 26.0 Å². The van der Waals surface area contributed by atoms with Gasteiger partial charge in [-0.25, -0.2) is 8.96 Å². The number of nitrogens with zero attached hydrogens (tertiary/aromatic N) is 2. The van der Waals surface area contributed by atoms with Crippen LogP contribution in [-0.2, 0) is 10.0 Å². The number of pyridine rings is 1. The largest absolute Gasteiger partial charge is 0.286 e. The number of hydrogen-bond acceptors (Lipinski definition) is 3. The van der Waals surface area contributed by atoms with Gasteiger partial charge in [0.2, 0.25) is 0 Å². The first-order valence-corrected chi connectivity index (χ1v) is 6.35. The summed E-state index contributed by atoms with van der Waals surface area (Å²) >= 11 is 3.16. The molecule has 2 rings (SSSR count). The molecular formula is C9H7BrN2O2S. The van der Waals surface area contributed by atoms with E-state index in [0.29, 0.717) is 4.60 Å². The summed E-state index contributed by atoms with van der Waals surface area (Å²) in [6.45, 7) is 0. The lowest BCUT2D eigenvalue weighted by Crippen LogP contribution is -2.13. The maximum Gasteiger partial charge on any atom is 0.286 e. The van der Waals surface area contributed by atoms with E-state index < -0.39 is 10.0 Å². The molecular weight excluding hydrogens is 280 g/mol. The molecule has 0 spiro atoms. The van der Waals surface area contributed by atoms with Crippen molar-refractivity contribution in [2.24, 2.45) is 0 Å². The smallest absolute Gasteiger partial charge is 0.243 e. The first-order valence-electron chi connectivity index (χ1n) is 4.12. The van der Waals surface area contributed by atoms with Gasteiger partial charge in [0.25, 0.3) is 10.0 Å². The Morgan fingerprint density at radius 3 is 2.53 bits per heavy atom. The molecule has 2 aromatic heterocycles. The molecule has 0 aliphatic heterocycles. The number of halogens is 1. The van der Waals surface area contributed by atoms with Crippen molar-refractivity contribution in [2.45, 2.75) is 5.03 Å². The highest BCUT2D eigenvalue weighted by molar-refractivity contribution is 9.10. The Balaban J connectivity index is 2.60. The third-order valence-electron chi connectivity index (χ3n) is 1.83. The fraction of sp³-hybridized carbons (Fsp3) is 0. The Labute approximate surface area is 95.8 Å². The third kappa shape index (κ3) is 1.82. The van der Waals surface area contributed by atoms with Gasteiger partial charge in [-0.3, -0.25) is 0 Å². The second kappa shape index (κ2) is 3.79. The molecule has 15 heavy (non-hydrogen) atoms. The Morgan fingerprint density at radius 2 is 2.00 bits per heavy atom. The first kappa shape index (κ1) is 10.4. The van der Waals surface area contributed by atoms with Crippen LogP contribution in [0, 0.1) is 0 Å². The molecule has 0 N–H and O–H groups in total.